The van der Waals surface area contributed by atoms with Crippen LogP contribution in [-0.4, -0.2) is 34.5 Å². The van der Waals surface area contributed by atoms with E-state index < -0.39 is 6.09 Å². The summed E-state index contributed by atoms with van der Waals surface area (Å²) in [6, 6.07) is 19.3. The number of ether oxygens (including phenoxy) is 1. The van der Waals surface area contributed by atoms with E-state index in [2.05, 4.69) is 0 Å². The molecule has 1 heterocycles. The Bertz CT molecular complexity index is 815. The van der Waals surface area contributed by atoms with Crippen molar-refractivity contribution >= 4 is 12.0 Å². The highest BCUT2D eigenvalue weighted by Crippen LogP contribution is 2.37. The average Bonchev–Trinajstić information content (AvgIpc) is 3.04. The summed E-state index contributed by atoms with van der Waals surface area (Å²) in [5.74, 6) is -0.0621. The van der Waals surface area contributed by atoms with Crippen LogP contribution in [0.15, 0.2) is 60.7 Å². The fraction of sp³-hybridized carbons (Fsp3) is 0.391. The molecule has 0 bridgehead atoms. The van der Waals surface area contributed by atoms with E-state index in [1.54, 1.807) is 4.90 Å². The third-order valence-corrected chi connectivity index (χ3v) is 5.07. The second kappa shape index (κ2) is 8.05. The predicted octanol–water partition coefficient (Wildman–Crippen LogP) is 4.60. The van der Waals surface area contributed by atoms with Crippen LogP contribution < -0.4 is 0 Å². The maximum Gasteiger partial charge on any atom is 0.412 e. The number of rotatable bonds is 4. The van der Waals surface area contributed by atoms with Gasteiger partial charge in [0.15, 0.2) is 0 Å². The average molecular weight is 380 g/mol. The summed E-state index contributed by atoms with van der Waals surface area (Å²) in [6.45, 7) is 8.35. The lowest BCUT2D eigenvalue weighted by atomic mass is 9.90. The Morgan fingerprint density at radius 3 is 2.21 bits per heavy atom. The summed E-state index contributed by atoms with van der Waals surface area (Å²) >= 11 is 0. The molecule has 1 saturated heterocycles. The van der Waals surface area contributed by atoms with Gasteiger partial charge in [0.25, 0.3) is 0 Å². The first-order chi connectivity index (χ1) is 13.3. The number of benzene rings is 2. The van der Waals surface area contributed by atoms with Gasteiger partial charge in [-0.2, -0.15) is 0 Å². The Hall–Kier alpha value is -2.82. The van der Waals surface area contributed by atoms with Crippen LogP contribution >= 0.6 is 0 Å². The van der Waals surface area contributed by atoms with E-state index in [1.165, 1.54) is 0 Å². The standard InChI is InChI=1S/C23H28N2O3/c1-17(19-13-9-6-10-14-19)25-20(26)15-24(21(25)23(2,3)4)22(27)28-16-18-11-7-5-8-12-18/h5-14,17,21H,15-16H2,1-4H3. The quantitative estimate of drug-likeness (QED) is 0.779. The van der Waals surface area contributed by atoms with Crippen molar-refractivity contribution in [1.82, 2.24) is 9.80 Å². The van der Waals surface area contributed by atoms with Gasteiger partial charge in [-0.15, -0.1) is 0 Å². The highest BCUT2D eigenvalue weighted by Gasteiger charge is 2.49. The number of nitrogens with zero attached hydrogens (tertiary/aromatic N) is 2. The Kier molecular flexibility index (Phi) is 5.73. The molecule has 0 saturated carbocycles. The van der Waals surface area contributed by atoms with E-state index in [0.717, 1.165) is 11.1 Å². The van der Waals surface area contributed by atoms with Crippen molar-refractivity contribution in [2.75, 3.05) is 6.54 Å². The van der Waals surface area contributed by atoms with E-state index >= 15 is 0 Å². The first-order valence-electron chi connectivity index (χ1n) is 9.62. The second-order valence-corrected chi connectivity index (χ2v) is 8.30. The first-order valence-corrected chi connectivity index (χ1v) is 9.62. The lowest BCUT2D eigenvalue weighted by Crippen LogP contribution is -2.51. The van der Waals surface area contributed by atoms with Gasteiger partial charge in [-0.1, -0.05) is 81.4 Å². The normalized spacial score (nSPS) is 18.3. The second-order valence-electron chi connectivity index (χ2n) is 8.30. The van der Waals surface area contributed by atoms with Crippen molar-refractivity contribution < 1.29 is 14.3 Å². The Labute approximate surface area is 166 Å². The monoisotopic (exact) mass is 380 g/mol. The Morgan fingerprint density at radius 1 is 1.07 bits per heavy atom. The van der Waals surface area contributed by atoms with Gasteiger partial charge < -0.3 is 9.64 Å². The van der Waals surface area contributed by atoms with Gasteiger partial charge in [-0.25, -0.2) is 4.79 Å². The van der Waals surface area contributed by atoms with E-state index in [0.29, 0.717) is 0 Å². The molecule has 5 nitrogen and oxygen atoms in total. The third kappa shape index (κ3) is 4.19. The molecule has 5 heteroatoms. The molecular formula is C23H28N2O3. The summed E-state index contributed by atoms with van der Waals surface area (Å²) in [4.78, 5) is 29.1. The maximum absolute atomic E-state index is 12.9. The highest BCUT2D eigenvalue weighted by molar-refractivity contribution is 5.86. The van der Waals surface area contributed by atoms with Crippen LogP contribution in [0.1, 0.15) is 44.9 Å². The van der Waals surface area contributed by atoms with Crippen molar-refractivity contribution in [2.24, 2.45) is 5.41 Å². The minimum absolute atomic E-state index is 0.0345. The van der Waals surface area contributed by atoms with E-state index in [1.807, 2.05) is 93.3 Å². The zero-order valence-corrected chi connectivity index (χ0v) is 17.0. The topological polar surface area (TPSA) is 49.9 Å². The zero-order valence-electron chi connectivity index (χ0n) is 17.0. The molecule has 2 aromatic rings. The van der Waals surface area contributed by atoms with Crippen LogP contribution in [0, 0.1) is 5.41 Å². The van der Waals surface area contributed by atoms with Gasteiger partial charge in [0.2, 0.25) is 5.91 Å². The van der Waals surface area contributed by atoms with Crippen LogP contribution in [0.2, 0.25) is 0 Å². The molecule has 2 unspecified atom stereocenters. The molecule has 28 heavy (non-hydrogen) atoms. The van der Waals surface area contributed by atoms with Crippen LogP contribution in [0.25, 0.3) is 0 Å². The fourth-order valence-electron chi connectivity index (χ4n) is 3.77. The van der Waals surface area contributed by atoms with Gasteiger partial charge in [0, 0.05) is 5.41 Å². The molecule has 1 aliphatic heterocycles. The van der Waals surface area contributed by atoms with Crippen LogP contribution in [0.4, 0.5) is 4.79 Å². The van der Waals surface area contributed by atoms with E-state index in [9.17, 15) is 9.59 Å². The fourth-order valence-corrected chi connectivity index (χ4v) is 3.77. The minimum atomic E-state index is -0.458. The van der Waals surface area contributed by atoms with Gasteiger partial charge in [-0.3, -0.25) is 9.69 Å². The molecule has 2 amide bonds. The molecule has 0 spiro atoms. The molecule has 0 aliphatic carbocycles. The summed E-state index contributed by atoms with van der Waals surface area (Å²) in [7, 11) is 0. The highest BCUT2D eigenvalue weighted by atomic mass is 16.6. The molecule has 2 atom stereocenters. The molecule has 3 rings (SSSR count). The molecule has 148 valence electrons. The number of amides is 2. The summed E-state index contributed by atoms with van der Waals surface area (Å²) in [6.07, 6.45) is -0.835. The Morgan fingerprint density at radius 2 is 1.64 bits per heavy atom. The molecule has 1 aliphatic rings. The van der Waals surface area contributed by atoms with Crippen molar-refractivity contribution in [3.63, 3.8) is 0 Å². The lowest BCUT2D eigenvalue weighted by molar-refractivity contribution is -0.132. The lowest BCUT2D eigenvalue weighted by Gasteiger charge is -2.41. The third-order valence-electron chi connectivity index (χ3n) is 5.07. The van der Waals surface area contributed by atoms with E-state index in [4.69, 9.17) is 4.74 Å². The number of hydrogen-bond acceptors (Lipinski definition) is 3. The van der Waals surface area contributed by atoms with Crippen molar-refractivity contribution in [3.8, 4) is 0 Å². The molecule has 0 radical (unpaired) electrons. The molecular weight excluding hydrogens is 352 g/mol. The number of carbonyl (C=O) groups excluding carboxylic acids is 2. The molecule has 0 N–H and O–H groups in total. The van der Waals surface area contributed by atoms with Crippen LogP contribution in [-0.2, 0) is 16.1 Å². The maximum atomic E-state index is 12.9. The molecule has 0 aromatic heterocycles. The zero-order chi connectivity index (χ0) is 20.3. The summed E-state index contributed by atoms with van der Waals surface area (Å²) in [5, 5.41) is 0. The summed E-state index contributed by atoms with van der Waals surface area (Å²) in [5.41, 5.74) is 1.65. The minimum Gasteiger partial charge on any atom is -0.444 e. The predicted molar refractivity (Wildman–Crippen MR) is 108 cm³/mol. The van der Waals surface area contributed by atoms with Gasteiger partial charge in [0.1, 0.15) is 19.3 Å². The largest absolute Gasteiger partial charge is 0.444 e. The van der Waals surface area contributed by atoms with Crippen LogP contribution in [0.5, 0.6) is 0 Å². The molecule has 2 aromatic carbocycles. The number of carbonyl (C=O) groups is 2. The van der Waals surface area contributed by atoms with E-state index in [-0.39, 0.29) is 36.7 Å². The van der Waals surface area contributed by atoms with Crippen molar-refractivity contribution in [1.29, 1.82) is 0 Å². The number of hydrogen-bond donors (Lipinski definition) is 0. The summed E-state index contributed by atoms with van der Waals surface area (Å²) < 4.78 is 5.53. The van der Waals surface area contributed by atoms with Crippen molar-refractivity contribution in [3.05, 3.63) is 71.8 Å². The first kappa shape index (κ1) is 19.9. The van der Waals surface area contributed by atoms with Crippen LogP contribution in [0.3, 0.4) is 0 Å². The Balaban J connectivity index is 1.81. The van der Waals surface area contributed by atoms with Gasteiger partial charge in [-0.05, 0) is 18.1 Å². The SMILES string of the molecule is CC(c1ccccc1)N1C(=O)CN(C(=O)OCc2ccccc2)C1C(C)(C)C. The van der Waals surface area contributed by atoms with Gasteiger partial charge in [0.05, 0.1) is 6.04 Å². The van der Waals surface area contributed by atoms with Crippen molar-refractivity contribution in [2.45, 2.75) is 46.5 Å². The van der Waals surface area contributed by atoms with Gasteiger partial charge >= 0.3 is 6.09 Å². The smallest absolute Gasteiger partial charge is 0.412 e. The molecule has 1 fully saturated rings.